The number of nitrogens with zero attached hydrogens (tertiary/aromatic N) is 3. The first-order valence-corrected chi connectivity index (χ1v) is 16.8. The molecule has 3 rings (SSSR count). The molecule has 45 heavy (non-hydrogen) atoms. The van der Waals surface area contributed by atoms with E-state index in [0.29, 0.717) is 32.1 Å². The summed E-state index contributed by atoms with van der Waals surface area (Å²) in [5.41, 5.74) is -0.285. The van der Waals surface area contributed by atoms with Gasteiger partial charge in [-0.2, -0.15) is 10.3 Å². The molecule has 10 unspecified atom stereocenters. The zero-order chi connectivity index (χ0) is 33.1. The SMILES string of the molecule is CCC(O)C(C)C1OC1CC(C)(O)/C=C/C=C(\C)C1OC(=O)CC(O)CCC(C)C(ON2CCN(CCC#N)CC2)/C=C/C1C. The summed E-state index contributed by atoms with van der Waals surface area (Å²) in [6.07, 6.45) is 10.1. The van der Waals surface area contributed by atoms with Crippen LogP contribution < -0.4 is 0 Å². The van der Waals surface area contributed by atoms with Gasteiger partial charge in [0.1, 0.15) is 6.10 Å². The molecule has 0 saturated carbocycles. The quantitative estimate of drug-likeness (QED) is 0.126. The lowest BCUT2D eigenvalue weighted by atomic mass is 9.91. The number of epoxide rings is 1. The largest absolute Gasteiger partial charge is 0.457 e. The monoisotopic (exact) mass is 631 g/mol. The maximum atomic E-state index is 12.8. The van der Waals surface area contributed by atoms with Gasteiger partial charge in [0, 0.05) is 57.4 Å². The van der Waals surface area contributed by atoms with E-state index in [-0.39, 0.29) is 42.5 Å². The number of hydrogen-bond donors (Lipinski definition) is 3. The van der Waals surface area contributed by atoms with E-state index in [1.807, 2.05) is 44.9 Å². The van der Waals surface area contributed by atoms with Gasteiger partial charge in [0.05, 0.1) is 48.6 Å². The summed E-state index contributed by atoms with van der Waals surface area (Å²) in [6, 6.07) is 2.21. The van der Waals surface area contributed by atoms with Crippen molar-refractivity contribution in [2.75, 3.05) is 32.7 Å². The molecule has 254 valence electrons. The van der Waals surface area contributed by atoms with Crippen LogP contribution >= 0.6 is 0 Å². The molecule has 0 aromatic carbocycles. The number of carbonyl (C=O) groups excluding carboxylic acids is 1. The summed E-state index contributed by atoms with van der Waals surface area (Å²) in [5.74, 6) is -0.459. The summed E-state index contributed by atoms with van der Waals surface area (Å²) >= 11 is 0. The van der Waals surface area contributed by atoms with Crippen molar-refractivity contribution in [3.05, 3.63) is 36.0 Å². The van der Waals surface area contributed by atoms with Crippen LogP contribution in [-0.2, 0) is 19.1 Å². The molecule has 10 atom stereocenters. The Hall–Kier alpha value is -2.10. The maximum absolute atomic E-state index is 12.8. The molecule has 0 aliphatic carbocycles. The van der Waals surface area contributed by atoms with Crippen molar-refractivity contribution in [3.8, 4) is 6.07 Å². The third-order valence-electron chi connectivity index (χ3n) is 9.44. The fraction of sp³-hybridized carbons (Fsp3) is 0.771. The highest BCUT2D eigenvalue weighted by atomic mass is 16.7. The third kappa shape index (κ3) is 12.2. The van der Waals surface area contributed by atoms with E-state index in [2.05, 4.69) is 24.0 Å². The van der Waals surface area contributed by atoms with Gasteiger partial charge in [0.2, 0.25) is 0 Å². The number of hydroxylamine groups is 2. The van der Waals surface area contributed by atoms with Crippen LogP contribution in [0.2, 0.25) is 0 Å². The number of piperazine rings is 1. The Labute approximate surface area is 270 Å². The molecule has 0 aromatic rings. The molecule has 3 aliphatic rings. The Balaban J connectivity index is 1.67. The van der Waals surface area contributed by atoms with Gasteiger partial charge in [0.25, 0.3) is 0 Å². The normalized spacial score (nSPS) is 34.5. The highest BCUT2D eigenvalue weighted by molar-refractivity contribution is 5.70. The highest BCUT2D eigenvalue weighted by Gasteiger charge is 2.47. The van der Waals surface area contributed by atoms with Gasteiger partial charge in [-0.15, -0.1) is 0 Å². The fourth-order valence-corrected chi connectivity index (χ4v) is 6.22. The minimum atomic E-state index is -1.10. The molecule has 0 aromatic heterocycles. The van der Waals surface area contributed by atoms with E-state index in [4.69, 9.17) is 19.6 Å². The topological polar surface area (TPSA) is 139 Å². The van der Waals surface area contributed by atoms with Crippen molar-refractivity contribution in [2.24, 2.45) is 17.8 Å². The lowest BCUT2D eigenvalue weighted by molar-refractivity contribution is -0.210. The van der Waals surface area contributed by atoms with Gasteiger partial charge >= 0.3 is 5.97 Å². The third-order valence-corrected chi connectivity index (χ3v) is 9.44. The number of aliphatic hydroxyl groups is 3. The van der Waals surface area contributed by atoms with E-state index < -0.39 is 29.9 Å². The first-order valence-electron chi connectivity index (χ1n) is 16.8. The molecular weight excluding hydrogens is 574 g/mol. The molecule has 10 heteroatoms. The number of carbonyl (C=O) groups is 1. The number of ether oxygens (including phenoxy) is 2. The van der Waals surface area contributed by atoms with Gasteiger partial charge in [0.15, 0.2) is 0 Å². The van der Waals surface area contributed by atoms with E-state index in [0.717, 1.165) is 38.3 Å². The number of nitriles is 1. The van der Waals surface area contributed by atoms with E-state index in [1.54, 1.807) is 19.1 Å². The van der Waals surface area contributed by atoms with Crippen LogP contribution in [0.15, 0.2) is 36.0 Å². The van der Waals surface area contributed by atoms with Crippen molar-refractivity contribution in [2.45, 2.75) is 122 Å². The summed E-state index contributed by atoms with van der Waals surface area (Å²) in [6.45, 7) is 15.7. The molecule has 0 bridgehead atoms. The highest BCUT2D eigenvalue weighted by Crippen LogP contribution is 2.37. The first-order chi connectivity index (χ1) is 21.3. The Morgan fingerprint density at radius 1 is 1.24 bits per heavy atom. The van der Waals surface area contributed by atoms with Crippen LogP contribution in [0.4, 0.5) is 0 Å². The van der Waals surface area contributed by atoms with Crippen molar-refractivity contribution in [3.63, 3.8) is 0 Å². The van der Waals surface area contributed by atoms with Crippen LogP contribution in [0, 0.1) is 29.1 Å². The zero-order valence-corrected chi connectivity index (χ0v) is 28.2. The van der Waals surface area contributed by atoms with Crippen LogP contribution in [-0.4, -0.2) is 106 Å². The van der Waals surface area contributed by atoms with Gasteiger partial charge in [-0.25, -0.2) is 0 Å². The molecule has 10 nitrogen and oxygen atoms in total. The van der Waals surface area contributed by atoms with Crippen LogP contribution in [0.5, 0.6) is 0 Å². The first kappa shape index (κ1) is 37.4. The van der Waals surface area contributed by atoms with E-state index in [1.165, 1.54) is 0 Å². The number of esters is 1. The Morgan fingerprint density at radius 3 is 2.62 bits per heavy atom. The smallest absolute Gasteiger partial charge is 0.309 e. The van der Waals surface area contributed by atoms with Crippen molar-refractivity contribution in [1.82, 2.24) is 9.96 Å². The second-order valence-electron chi connectivity index (χ2n) is 13.6. The van der Waals surface area contributed by atoms with Crippen molar-refractivity contribution >= 4 is 5.97 Å². The fourth-order valence-electron chi connectivity index (χ4n) is 6.22. The van der Waals surface area contributed by atoms with Crippen LogP contribution in [0.1, 0.15) is 80.1 Å². The summed E-state index contributed by atoms with van der Waals surface area (Å²) in [4.78, 5) is 21.6. The lowest BCUT2D eigenvalue weighted by Gasteiger charge is -2.36. The number of rotatable bonds is 12. The number of hydrogen-bond acceptors (Lipinski definition) is 10. The molecule has 0 spiro atoms. The standard InChI is InChI=1S/C35H57N3O7/c1-7-29(40)27(5)34-31(43-34)23-35(6,42)15-8-10-25(3)33-26(4)12-14-30(24(2)11-13-28(39)22-32(41)44-33)45-38-20-18-37(19-21-38)17-9-16-36/h8,10,12,14-15,24,26-31,33-34,39-40,42H,7,9,11,13,17-23H2,1-6H3/b14-12+,15-8+,25-10+. The number of cyclic esters (lactones) is 1. The lowest BCUT2D eigenvalue weighted by Crippen LogP contribution is -2.48. The van der Waals surface area contributed by atoms with E-state index in [9.17, 15) is 20.1 Å². The molecule has 0 radical (unpaired) electrons. The second-order valence-corrected chi connectivity index (χ2v) is 13.6. The molecule has 3 aliphatic heterocycles. The van der Waals surface area contributed by atoms with Gasteiger partial charge in [-0.05, 0) is 44.6 Å². The summed E-state index contributed by atoms with van der Waals surface area (Å²) < 4.78 is 11.7. The van der Waals surface area contributed by atoms with E-state index >= 15 is 0 Å². The molecule has 3 N–H and O–H groups in total. The second kappa shape index (κ2) is 17.7. The molecule has 0 amide bonds. The van der Waals surface area contributed by atoms with Crippen LogP contribution in [0.25, 0.3) is 0 Å². The van der Waals surface area contributed by atoms with Gasteiger partial charge in [-0.3, -0.25) is 14.5 Å². The van der Waals surface area contributed by atoms with Crippen molar-refractivity contribution < 1.29 is 34.4 Å². The average molecular weight is 632 g/mol. The summed E-state index contributed by atoms with van der Waals surface area (Å²) in [5, 5.41) is 42.6. The Bertz CT molecular complexity index is 1060. The summed E-state index contributed by atoms with van der Waals surface area (Å²) in [7, 11) is 0. The zero-order valence-electron chi connectivity index (χ0n) is 28.2. The molecule has 3 heterocycles. The predicted octanol–water partition coefficient (Wildman–Crippen LogP) is 3.92. The molecule has 2 fully saturated rings. The van der Waals surface area contributed by atoms with Gasteiger partial charge in [-0.1, -0.05) is 58.1 Å². The Morgan fingerprint density at radius 2 is 1.96 bits per heavy atom. The average Bonchev–Trinajstić information content (AvgIpc) is 3.76. The molecule has 2 saturated heterocycles. The van der Waals surface area contributed by atoms with Gasteiger partial charge < -0.3 is 24.8 Å². The van der Waals surface area contributed by atoms with Crippen molar-refractivity contribution in [1.29, 1.82) is 5.26 Å². The minimum Gasteiger partial charge on any atom is -0.457 e. The van der Waals surface area contributed by atoms with Crippen LogP contribution in [0.3, 0.4) is 0 Å². The Kier molecular flexibility index (Phi) is 14.7. The maximum Gasteiger partial charge on any atom is 0.309 e. The minimum absolute atomic E-state index is 0.0177. The number of aliphatic hydroxyl groups excluding tert-OH is 2. The number of allylic oxidation sites excluding steroid dienone is 2. The molecular formula is C35H57N3O7. The predicted molar refractivity (Wildman–Crippen MR) is 173 cm³/mol.